The molecule has 4 aliphatic rings. The zero-order chi connectivity index (χ0) is 14.7. The summed E-state index contributed by atoms with van der Waals surface area (Å²) in [6.45, 7) is 5.06. The van der Waals surface area contributed by atoms with Gasteiger partial charge in [-0.15, -0.1) is 0 Å². The summed E-state index contributed by atoms with van der Waals surface area (Å²) in [5.74, 6) is 7.77. The van der Waals surface area contributed by atoms with Crippen LogP contribution in [0.4, 0.5) is 0 Å². The lowest BCUT2D eigenvalue weighted by molar-refractivity contribution is -0.150. The summed E-state index contributed by atoms with van der Waals surface area (Å²) < 4.78 is 5.61. The predicted molar refractivity (Wildman–Crippen MR) is 83.2 cm³/mol. The van der Waals surface area contributed by atoms with E-state index in [-0.39, 0.29) is 6.04 Å². The Morgan fingerprint density at radius 3 is 2.48 bits per heavy atom. The predicted octanol–water partition coefficient (Wildman–Crippen LogP) is 4.17. The smallest absolute Gasteiger partial charge is 0.122 e. The molecule has 5 rings (SSSR count). The molecule has 0 radical (unpaired) electrons. The fourth-order valence-electron chi connectivity index (χ4n) is 7.08. The van der Waals surface area contributed by atoms with Crippen molar-refractivity contribution in [3.63, 3.8) is 0 Å². The molecule has 3 unspecified atom stereocenters. The third-order valence-electron chi connectivity index (χ3n) is 6.47. The molecular weight excluding hydrogens is 260 g/mol. The molecule has 3 heteroatoms. The third kappa shape index (κ3) is 2.25. The molecule has 0 spiro atoms. The van der Waals surface area contributed by atoms with Crippen LogP contribution in [0.25, 0.3) is 0 Å². The van der Waals surface area contributed by atoms with Crippen molar-refractivity contribution in [3.8, 4) is 0 Å². The van der Waals surface area contributed by atoms with Crippen molar-refractivity contribution in [2.75, 3.05) is 0 Å². The third-order valence-corrected chi connectivity index (χ3v) is 6.47. The van der Waals surface area contributed by atoms with E-state index in [4.69, 9.17) is 10.3 Å². The molecule has 4 saturated carbocycles. The fourth-order valence-corrected chi connectivity index (χ4v) is 7.08. The van der Waals surface area contributed by atoms with Crippen molar-refractivity contribution in [3.05, 3.63) is 24.2 Å². The number of nitrogens with two attached hydrogens (primary N) is 1. The van der Waals surface area contributed by atoms with Gasteiger partial charge in [-0.2, -0.15) is 0 Å². The first-order valence-electron chi connectivity index (χ1n) is 8.43. The van der Waals surface area contributed by atoms with E-state index >= 15 is 0 Å². The molecule has 4 aliphatic carbocycles. The van der Waals surface area contributed by atoms with Gasteiger partial charge in [-0.3, -0.25) is 5.84 Å². The molecule has 0 amide bonds. The van der Waals surface area contributed by atoms with Crippen molar-refractivity contribution >= 4 is 0 Å². The van der Waals surface area contributed by atoms with Gasteiger partial charge >= 0.3 is 0 Å². The summed E-state index contributed by atoms with van der Waals surface area (Å²) in [7, 11) is 0. The van der Waals surface area contributed by atoms with Crippen LogP contribution in [-0.2, 0) is 0 Å². The Hall–Kier alpha value is -0.800. The number of hydrogen-bond acceptors (Lipinski definition) is 3. The molecule has 1 heterocycles. The van der Waals surface area contributed by atoms with Gasteiger partial charge in [-0.1, -0.05) is 13.8 Å². The minimum absolute atomic E-state index is 0.156. The molecule has 0 aromatic carbocycles. The maximum atomic E-state index is 5.85. The maximum absolute atomic E-state index is 5.85. The molecule has 0 aliphatic heterocycles. The Balaban J connectivity index is 1.62. The van der Waals surface area contributed by atoms with Crippen molar-refractivity contribution in [1.29, 1.82) is 0 Å². The van der Waals surface area contributed by atoms with Crippen LogP contribution in [-0.4, -0.2) is 0 Å². The number of hydrazine groups is 1. The quantitative estimate of drug-likeness (QED) is 0.646. The Labute approximate surface area is 127 Å². The van der Waals surface area contributed by atoms with Crippen LogP contribution >= 0.6 is 0 Å². The van der Waals surface area contributed by atoms with Crippen LogP contribution < -0.4 is 11.3 Å². The van der Waals surface area contributed by atoms with Gasteiger partial charge in [0, 0.05) is 0 Å². The summed E-state index contributed by atoms with van der Waals surface area (Å²) in [6.07, 6.45) is 11.4. The standard InChI is InChI=1S/C18H28N2O/c1-16-6-13-7-17(2,10-16)12-18(8-13,11-16)9-14(20-19)15-4-3-5-21-15/h3-5,13-14,20H,6-12,19H2,1-2H3. The first-order chi connectivity index (χ1) is 9.93. The summed E-state index contributed by atoms with van der Waals surface area (Å²) in [5.41, 5.74) is 4.61. The second-order valence-corrected chi connectivity index (χ2v) is 9.07. The second kappa shape index (κ2) is 4.36. The van der Waals surface area contributed by atoms with Gasteiger partial charge < -0.3 is 4.42 Å². The largest absolute Gasteiger partial charge is 0.468 e. The van der Waals surface area contributed by atoms with E-state index in [9.17, 15) is 0 Å². The van der Waals surface area contributed by atoms with E-state index in [1.54, 1.807) is 6.26 Å². The molecule has 3 nitrogen and oxygen atoms in total. The lowest BCUT2D eigenvalue weighted by Gasteiger charge is -2.66. The number of furan rings is 1. The molecule has 21 heavy (non-hydrogen) atoms. The monoisotopic (exact) mass is 288 g/mol. The van der Waals surface area contributed by atoms with Crippen LogP contribution in [0.15, 0.2) is 22.8 Å². The molecule has 4 bridgehead atoms. The molecular formula is C18H28N2O. The molecule has 1 aromatic rings. The zero-order valence-corrected chi connectivity index (χ0v) is 13.3. The normalized spacial score (nSPS) is 46.0. The van der Waals surface area contributed by atoms with Gasteiger partial charge in [-0.25, -0.2) is 5.43 Å². The van der Waals surface area contributed by atoms with Crippen molar-refractivity contribution in [2.45, 2.75) is 64.8 Å². The Morgan fingerprint density at radius 1 is 1.24 bits per heavy atom. The molecule has 0 saturated heterocycles. The van der Waals surface area contributed by atoms with E-state index < -0.39 is 0 Å². The second-order valence-electron chi connectivity index (χ2n) is 9.07. The maximum Gasteiger partial charge on any atom is 0.122 e. The van der Waals surface area contributed by atoms with Crippen LogP contribution in [0.1, 0.15) is 70.6 Å². The van der Waals surface area contributed by atoms with Gasteiger partial charge in [0.1, 0.15) is 5.76 Å². The molecule has 1 aromatic heterocycles. The summed E-state index contributed by atoms with van der Waals surface area (Å²) >= 11 is 0. The van der Waals surface area contributed by atoms with Crippen LogP contribution in [0.2, 0.25) is 0 Å². The highest BCUT2D eigenvalue weighted by Gasteiger charge is 2.60. The van der Waals surface area contributed by atoms with Crippen molar-refractivity contribution in [1.82, 2.24) is 5.43 Å². The van der Waals surface area contributed by atoms with E-state index in [0.29, 0.717) is 16.2 Å². The molecule has 116 valence electrons. The number of rotatable bonds is 4. The number of nitrogens with one attached hydrogen (secondary N) is 1. The van der Waals surface area contributed by atoms with Crippen LogP contribution in [0.3, 0.4) is 0 Å². The lowest BCUT2D eigenvalue weighted by Crippen LogP contribution is -2.55. The lowest BCUT2D eigenvalue weighted by atomic mass is 9.39. The van der Waals surface area contributed by atoms with Gasteiger partial charge in [0.05, 0.1) is 12.3 Å². The first kappa shape index (κ1) is 13.8. The minimum Gasteiger partial charge on any atom is -0.468 e. The molecule has 3 atom stereocenters. The Morgan fingerprint density at radius 2 is 1.95 bits per heavy atom. The van der Waals surface area contributed by atoms with Gasteiger partial charge in [0.25, 0.3) is 0 Å². The SMILES string of the molecule is CC12CC3CC(C)(C1)CC(CC(NN)c1ccco1)(C3)C2. The van der Waals surface area contributed by atoms with Gasteiger partial charge in [0.2, 0.25) is 0 Å². The van der Waals surface area contributed by atoms with Gasteiger partial charge in [0.15, 0.2) is 0 Å². The molecule has 3 N–H and O–H groups in total. The zero-order valence-electron chi connectivity index (χ0n) is 13.3. The highest BCUT2D eigenvalue weighted by Crippen LogP contribution is 2.71. The topological polar surface area (TPSA) is 51.2 Å². The van der Waals surface area contributed by atoms with Gasteiger partial charge in [-0.05, 0) is 79.2 Å². The Kier molecular flexibility index (Phi) is 2.87. The van der Waals surface area contributed by atoms with Crippen molar-refractivity contribution < 1.29 is 4.42 Å². The average Bonchev–Trinajstić information content (AvgIpc) is 2.85. The molecule has 4 fully saturated rings. The summed E-state index contributed by atoms with van der Waals surface area (Å²) in [6, 6.07) is 4.17. The Bertz CT molecular complexity index is 505. The van der Waals surface area contributed by atoms with Crippen LogP contribution in [0.5, 0.6) is 0 Å². The minimum atomic E-state index is 0.156. The highest BCUT2D eigenvalue weighted by molar-refractivity contribution is 5.13. The average molecular weight is 288 g/mol. The summed E-state index contributed by atoms with van der Waals surface area (Å²) in [5, 5.41) is 0. The van der Waals surface area contributed by atoms with Crippen LogP contribution in [0, 0.1) is 22.2 Å². The fraction of sp³-hybridized carbons (Fsp3) is 0.778. The van der Waals surface area contributed by atoms with E-state index in [2.05, 4.69) is 25.3 Å². The summed E-state index contributed by atoms with van der Waals surface area (Å²) in [4.78, 5) is 0. The first-order valence-corrected chi connectivity index (χ1v) is 8.43. The van der Waals surface area contributed by atoms with E-state index in [1.807, 2.05) is 6.07 Å². The van der Waals surface area contributed by atoms with Crippen molar-refractivity contribution in [2.24, 2.45) is 28.0 Å². The highest BCUT2D eigenvalue weighted by atomic mass is 16.3. The van der Waals surface area contributed by atoms with E-state index in [0.717, 1.165) is 18.1 Å². The van der Waals surface area contributed by atoms with E-state index in [1.165, 1.54) is 38.5 Å². The number of hydrogen-bond donors (Lipinski definition) is 2.